The van der Waals surface area contributed by atoms with Gasteiger partial charge in [0.2, 0.25) is 0 Å². The van der Waals surface area contributed by atoms with Gasteiger partial charge in [0.1, 0.15) is 59.0 Å². The van der Waals surface area contributed by atoms with Crippen LogP contribution in [0.2, 0.25) is 0 Å². The lowest BCUT2D eigenvalue weighted by Crippen LogP contribution is -2.76. The maximum Gasteiger partial charge on any atom is 0.432 e. The second-order valence-corrected chi connectivity index (χ2v) is 23.6. The first-order valence-electron chi connectivity index (χ1n) is 27.2. The second kappa shape index (κ2) is 18.7. The van der Waals surface area contributed by atoms with E-state index >= 15 is 35.9 Å². The lowest BCUT2D eigenvalue weighted by atomic mass is 9.43. The summed E-state index contributed by atoms with van der Waals surface area (Å²) in [7, 11) is 1.54. The van der Waals surface area contributed by atoms with Crippen molar-refractivity contribution in [3.63, 3.8) is 0 Å². The number of ketones is 2. The van der Waals surface area contributed by atoms with Crippen molar-refractivity contribution in [2.45, 2.75) is 207 Å². The van der Waals surface area contributed by atoms with Gasteiger partial charge in [-0.1, -0.05) is 107 Å². The molecule has 1 unspecified atom stereocenters. The standard InChI is InChI=1S/C58H66F6O14/c1-9-11-15-25-33-37-38-39(44-53(46(77-53)41(38)65)28-36(51(5,6)76-44)74-49(68)56(70-8,58(62,63)64)31-23-19-14-20-24-31)45(72-33)54-32(29-71-34(40(37)54)26-16-12-10-2)43-52(47(78-52)42(54)66)27-35(50(3,4)75-43)73-48(67)55(69-7,57(59,60)61)30-21-17-13-18-22-30/h13-14,17-24,29,33-37,40,43-47H,9-12,15-16,25-28H2,1-8H3/t33-,34-,35-,36-,37?,40+,43-,44-,45-,46-,47-,52+,53+,54+,55+,56+/m0/s1. The largest absolute Gasteiger partial charge is 0.498 e. The van der Waals surface area contributed by atoms with Crippen LogP contribution in [0.5, 0.6) is 0 Å². The minimum atomic E-state index is -5.28. The van der Waals surface area contributed by atoms with Crippen molar-refractivity contribution in [1.82, 2.24) is 0 Å². The van der Waals surface area contributed by atoms with Gasteiger partial charge in [-0.3, -0.25) is 9.59 Å². The number of epoxide rings is 2. The number of halogens is 6. The van der Waals surface area contributed by atoms with E-state index in [1.165, 1.54) is 42.7 Å². The highest BCUT2D eigenvalue weighted by atomic mass is 19.4. The van der Waals surface area contributed by atoms with Gasteiger partial charge in [0.15, 0.2) is 17.7 Å². The number of esters is 2. The normalized spacial score (nSPS) is 38.0. The quantitative estimate of drug-likeness (QED) is 0.0675. The van der Waals surface area contributed by atoms with Crippen LogP contribution in [0.1, 0.15) is 117 Å². The molecule has 6 fully saturated rings. The molecule has 2 aromatic carbocycles. The molecule has 16 atom stereocenters. The summed E-state index contributed by atoms with van der Waals surface area (Å²) in [5.74, 6) is -5.83. The van der Waals surface area contributed by atoms with E-state index in [4.69, 9.17) is 47.4 Å². The molecule has 1 saturated carbocycles. The number of fused-ring (bicyclic) bond motifs is 2. The average molecular weight is 1100 g/mol. The summed E-state index contributed by atoms with van der Waals surface area (Å²) in [6.07, 6.45) is -13.6. The molecule has 3 spiro atoms. The zero-order valence-electron chi connectivity index (χ0n) is 44.8. The molecule has 0 radical (unpaired) electrons. The Labute approximate surface area is 448 Å². The van der Waals surface area contributed by atoms with E-state index in [2.05, 4.69) is 13.8 Å². The van der Waals surface area contributed by atoms with E-state index < -0.39 is 147 Å². The maximum atomic E-state index is 16.3. The number of ether oxygens (including phenoxy) is 10. The third-order valence-electron chi connectivity index (χ3n) is 18.7. The molecular formula is C58H66F6O14. The number of methoxy groups -OCH3 is 2. The summed E-state index contributed by atoms with van der Waals surface area (Å²) in [5, 5.41) is 0. The van der Waals surface area contributed by atoms with Crippen molar-refractivity contribution in [3.8, 4) is 0 Å². The van der Waals surface area contributed by atoms with Gasteiger partial charge >= 0.3 is 24.3 Å². The van der Waals surface area contributed by atoms with E-state index in [-0.39, 0.29) is 18.6 Å². The summed E-state index contributed by atoms with van der Waals surface area (Å²) in [4.78, 5) is 60.2. The first-order chi connectivity index (χ1) is 36.8. The Morgan fingerprint density at radius 3 is 1.58 bits per heavy atom. The third kappa shape index (κ3) is 7.53. The van der Waals surface area contributed by atoms with Crippen molar-refractivity contribution in [2.24, 2.45) is 17.3 Å². The number of carbonyl (C=O) groups is 4. The number of hydrogen-bond acceptors (Lipinski definition) is 14. The minimum Gasteiger partial charge on any atom is -0.498 e. The number of hydrogen-bond donors (Lipinski definition) is 0. The molecule has 424 valence electrons. The fraction of sp³-hybridized carbons (Fsp3) is 0.655. The van der Waals surface area contributed by atoms with E-state index in [0.717, 1.165) is 77.0 Å². The molecule has 7 aliphatic heterocycles. The first kappa shape index (κ1) is 55.2. The summed E-state index contributed by atoms with van der Waals surface area (Å²) in [6.45, 7) is 10.4. The highest BCUT2D eigenvalue weighted by Gasteiger charge is 2.87. The Morgan fingerprint density at radius 1 is 0.615 bits per heavy atom. The number of benzene rings is 2. The van der Waals surface area contributed by atoms with Gasteiger partial charge in [0.05, 0.1) is 23.9 Å². The summed E-state index contributed by atoms with van der Waals surface area (Å²) in [5.41, 5.74) is -14.9. The van der Waals surface area contributed by atoms with Gasteiger partial charge in [-0.25, -0.2) is 9.59 Å². The van der Waals surface area contributed by atoms with E-state index in [1.807, 2.05) is 0 Å². The Hall–Kier alpha value is -4.70. The smallest absolute Gasteiger partial charge is 0.432 e. The lowest BCUT2D eigenvalue weighted by Gasteiger charge is -2.66. The molecule has 2 aromatic rings. The van der Waals surface area contributed by atoms with Crippen LogP contribution in [0.25, 0.3) is 0 Å². The maximum absolute atomic E-state index is 16.3. The molecule has 20 heteroatoms. The highest BCUT2D eigenvalue weighted by Crippen LogP contribution is 2.74. The lowest BCUT2D eigenvalue weighted by molar-refractivity contribution is -0.288. The molecule has 78 heavy (non-hydrogen) atoms. The van der Waals surface area contributed by atoms with Crippen LogP contribution in [0.4, 0.5) is 26.3 Å². The number of Topliss-reactive ketones (excluding diaryl/α,β-unsaturated/α-hetero) is 2. The molecule has 3 aliphatic carbocycles. The molecule has 14 nitrogen and oxygen atoms in total. The van der Waals surface area contributed by atoms with E-state index in [9.17, 15) is 9.59 Å². The van der Waals surface area contributed by atoms with Crippen molar-refractivity contribution in [3.05, 3.63) is 94.8 Å². The monoisotopic (exact) mass is 1100 g/mol. The SMILES string of the molecule is CCCCC[C@@H]1O[C@H]2C3=C(C(=O)[C@@H]4O[C@@]45C[C@H](OC(=O)[C@](OC)(c4ccccc4)C(F)(F)F)C(C)(C)O[C@@H]35)C1[C@H]1[C@H](CCCCC)OC=C3[C@@H]4OC(C)(C)[C@@H](OC(=O)[C@](OC)(c5ccccc5)C(F)(F)F)C[C@@]45O[C@H]5C(=O)[C@]321. The number of carbonyl (C=O) groups excluding carboxylic acids is 4. The molecule has 0 amide bonds. The van der Waals surface area contributed by atoms with Crippen molar-refractivity contribution in [1.29, 1.82) is 0 Å². The molecule has 12 rings (SSSR count). The Morgan fingerprint density at radius 2 is 1.09 bits per heavy atom. The average Bonchev–Trinajstić information content (AvgIpc) is 2.23. The number of rotatable bonds is 16. The van der Waals surface area contributed by atoms with Crippen LogP contribution in [0, 0.1) is 17.3 Å². The zero-order valence-corrected chi connectivity index (χ0v) is 44.8. The zero-order chi connectivity index (χ0) is 56.0. The summed E-state index contributed by atoms with van der Waals surface area (Å²) in [6, 6.07) is 12.8. The van der Waals surface area contributed by atoms with E-state index in [1.54, 1.807) is 27.7 Å². The molecule has 7 heterocycles. The minimum absolute atomic E-state index is 0.264. The summed E-state index contributed by atoms with van der Waals surface area (Å²) >= 11 is 0. The Kier molecular flexibility index (Phi) is 13.2. The number of unbranched alkanes of at least 4 members (excludes halogenated alkanes) is 4. The van der Waals surface area contributed by atoms with Crippen LogP contribution < -0.4 is 0 Å². The fourth-order valence-electron chi connectivity index (χ4n) is 14.7. The molecule has 0 N–H and O–H groups in total. The molecule has 2 bridgehead atoms. The van der Waals surface area contributed by atoms with Crippen LogP contribution in [-0.4, -0.2) is 127 Å². The molecule has 5 saturated heterocycles. The van der Waals surface area contributed by atoms with Gasteiger partial charge in [-0.15, -0.1) is 0 Å². The second-order valence-electron chi connectivity index (χ2n) is 23.6. The Bertz CT molecular complexity index is 2800. The highest BCUT2D eigenvalue weighted by molar-refractivity contribution is 6.07. The third-order valence-corrected chi connectivity index (χ3v) is 18.7. The van der Waals surface area contributed by atoms with Gasteiger partial charge in [0, 0.05) is 61.2 Å². The molecule has 0 aromatic heterocycles. The predicted molar refractivity (Wildman–Crippen MR) is 261 cm³/mol. The predicted octanol–water partition coefficient (Wildman–Crippen LogP) is 9.33. The van der Waals surface area contributed by atoms with Crippen molar-refractivity contribution >= 4 is 23.5 Å². The molecular weight excluding hydrogens is 1030 g/mol. The van der Waals surface area contributed by atoms with Gasteiger partial charge < -0.3 is 47.4 Å². The fourth-order valence-corrected chi connectivity index (χ4v) is 14.7. The number of alkyl halides is 6. The Balaban J connectivity index is 0.991. The first-order valence-corrected chi connectivity index (χ1v) is 27.2. The van der Waals surface area contributed by atoms with Crippen molar-refractivity contribution < 1.29 is 92.9 Å². The van der Waals surface area contributed by atoms with Crippen LogP contribution in [-0.2, 0) is 77.7 Å². The molecule has 10 aliphatic rings. The topological polar surface area (TPSA) is 167 Å². The van der Waals surface area contributed by atoms with Crippen LogP contribution in [0.3, 0.4) is 0 Å². The van der Waals surface area contributed by atoms with E-state index in [0.29, 0.717) is 29.6 Å². The van der Waals surface area contributed by atoms with Gasteiger partial charge in [-0.2, -0.15) is 26.3 Å². The van der Waals surface area contributed by atoms with Crippen molar-refractivity contribution in [2.75, 3.05) is 14.2 Å². The van der Waals surface area contributed by atoms with Gasteiger partial charge in [-0.05, 0) is 52.5 Å². The van der Waals surface area contributed by atoms with Gasteiger partial charge in [0.25, 0.3) is 11.2 Å². The van der Waals surface area contributed by atoms with Crippen LogP contribution >= 0.6 is 0 Å². The van der Waals surface area contributed by atoms with Crippen LogP contribution in [0.15, 0.2) is 83.6 Å². The summed E-state index contributed by atoms with van der Waals surface area (Å²) < 4.78 is 154.